The summed E-state index contributed by atoms with van der Waals surface area (Å²) in [7, 11) is 1.63. The fraction of sp³-hybridized carbons (Fsp3) is 0.333. The van der Waals surface area contributed by atoms with Crippen LogP contribution < -0.4 is 10.1 Å². The molecule has 1 saturated heterocycles. The highest BCUT2D eigenvalue weighted by atomic mass is 16.5. The van der Waals surface area contributed by atoms with Crippen LogP contribution in [0.2, 0.25) is 0 Å². The highest BCUT2D eigenvalue weighted by Gasteiger charge is 2.38. The first-order valence-corrected chi connectivity index (χ1v) is 10.7. The van der Waals surface area contributed by atoms with Crippen LogP contribution in [0, 0.1) is 6.92 Å². The van der Waals surface area contributed by atoms with E-state index in [4.69, 9.17) is 4.74 Å². The summed E-state index contributed by atoms with van der Waals surface area (Å²) >= 11 is 0. The van der Waals surface area contributed by atoms with Crippen LogP contribution in [0.1, 0.15) is 46.5 Å². The Morgan fingerprint density at radius 3 is 2.72 bits per heavy atom. The number of H-pyrrole nitrogens is 1. The molecule has 1 aliphatic heterocycles. The van der Waals surface area contributed by atoms with Crippen molar-refractivity contribution in [3.05, 3.63) is 77.4 Å². The molecule has 0 spiro atoms. The van der Waals surface area contributed by atoms with E-state index in [1.54, 1.807) is 24.1 Å². The maximum atomic E-state index is 13.2. The normalized spacial score (nSPS) is 17.9. The third kappa shape index (κ3) is 4.96. The van der Waals surface area contributed by atoms with Crippen molar-refractivity contribution in [2.45, 2.75) is 38.3 Å². The van der Waals surface area contributed by atoms with E-state index >= 15 is 0 Å². The number of likely N-dealkylation sites (tertiary alicyclic amines) is 1. The Morgan fingerprint density at radius 1 is 1.19 bits per heavy atom. The van der Waals surface area contributed by atoms with Gasteiger partial charge in [-0.15, -0.1) is 0 Å². The molecule has 3 aromatic rings. The Hall–Kier alpha value is -3.68. The Morgan fingerprint density at radius 2 is 2.00 bits per heavy atom. The van der Waals surface area contributed by atoms with E-state index in [1.807, 2.05) is 49.4 Å². The molecule has 0 radical (unpaired) electrons. The molecule has 8 nitrogen and oxygen atoms in total. The zero-order valence-corrected chi connectivity index (χ0v) is 18.2. The molecule has 8 heteroatoms. The van der Waals surface area contributed by atoms with Crippen LogP contribution in [0.3, 0.4) is 0 Å². The summed E-state index contributed by atoms with van der Waals surface area (Å²) in [6.07, 6.45) is 1.53. The fourth-order valence-corrected chi connectivity index (χ4v) is 4.05. The van der Waals surface area contributed by atoms with Gasteiger partial charge in [0.2, 0.25) is 5.91 Å². The van der Waals surface area contributed by atoms with Gasteiger partial charge >= 0.3 is 0 Å². The molecule has 2 N–H and O–H groups in total. The number of aryl methyl sites for hydroxylation is 2. The molecule has 2 atom stereocenters. The van der Waals surface area contributed by atoms with Crippen molar-refractivity contribution >= 4 is 11.8 Å². The first kappa shape index (κ1) is 21.5. The maximum absolute atomic E-state index is 13.2. The lowest BCUT2D eigenvalue weighted by atomic mass is 10.1. The molecule has 0 saturated carbocycles. The number of nitrogens with zero attached hydrogens (tertiary/aromatic N) is 3. The number of hydrogen-bond donors (Lipinski definition) is 2. The average molecular weight is 434 g/mol. The van der Waals surface area contributed by atoms with Crippen molar-refractivity contribution in [1.82, 2.24) is 25.4 Å². The molecular formula is C24H27N5O3. The molecule has 2 unspecified atom stereocenters. The van der Waals surface area contributed by atoms with Gasteiger partial charge in [-0.1, -0.05) is 30.3 Å². The van der Waals surface area contributed by atoms with E-state index in [2.05, 4.69) is 20.5 Å². The van der Waals surface area contributed by atoms with Crippen molar-refractivity contribution in [3.8, 4) is 5.75 Å². The van der Waals surface area contributed by atoms with Crippen LogP contribution >= 0.6 is 0 Å². The minimum atomic E-state index is -0.279. The van der Waals surface area contributed by atoms with Crippen molar-refractivity contribution < 1.29 is 14.3 Å². The summed E-state index contributed by atoms with van der Waals surface area (Å²) < 4.78 is 5.27. The molecule has 166 valence electrons. The maximum Gasteiger partial charge on any atom is 0.251 e. The molecular weight excluding hydrogens is 406 g/mol. The van der Waals surface area contributed by atoms with Crippen LogP contribution in [0.5, 0.6) is 5.75 Å². The first-order chi connectivity index (χ1) is 15.5. The molecule has 0 aliphatic carbocycles. The van der Waals surface area contributed by atoms with Gasteiger partial charge in [-0.05, 0) is 49.6 Å². The number of methoxy groups -OCH3 is 1. The average Bonchev–Trinajstić information content (AvgIpc) is 3.44. The van der Waals surface area contributed by atoms with Crippen LogP contribution in [0.25, 0.3) is 0 Å². The van der Waals surface area contributed by atoms with E-state index in [1.165, 1.54) is 0 Å². The number of rotatable bonds is 7. The van der Waals surface area contributed by atoms with Gasteiger partial charge < -0.3 is 15.0 Å². The lowest BCUT2D eigenvalue weighted by molar-refractivity contribution is -0.132. The molecule has 1 fully saturated rings. The standard InChI is InChI=1S/C24H27N5O3/c1-16-25-23(28-27-16)21-14-19(26-24(31)18-8-4-3-5-9-18)15-29(21)22(30)12-11-17-7-6-10-20(13-17)32-2/h3-10,13,19,21H,11-12,14-15H2,1-2H3,(H,26,31)(H,25,27,28). The number of nitrogens with one attached hydrogen (secondary N) is 2. The topological polar surface area (TPSA) is 100 Å². The monoisotopic (exact) mass is 433 g/mol. The predicted octanol–water partition coefficient (Wildman–Crippen LogP) is 2.83. The van der Waals surface area contributed by atoms with Crippen molar-refractivity contribution in [2.75, 3.05) is 13.7 Å². The van der Waals surface area contributed by atoms with Gasteiger partial charge in [-0.2, -0.15) is 5.10 Å². The van der Waals surface area contributed by atoms with Gasteiger partial charge in [0.15, 0.2) is 5.82 Å². The zero-order chi connectivity index (χ0) is 22.5. The van der Waals surface area contributed by atoms with E-state index in [0.29, 0.717) is 43.0 Å². The molecule has 32 heavy (non-hydrogen) atoms. The molecule has 2 aromatic carbocycles. The highest BCUT2D eigenvalue weighted by molar-refractivity contribution is 5.94. The molecule has 2 amide bonds. The lowest BCUT2D eigenvalue weighted by Gasteiger charge is -2.22. The number of aromatic amines is 1. The van der Waals surface area contributed by atoms with Crippen molar-refractivity contribution in [1.29, 1.82) is 0 Å². The smallest absolute Gasteiger partial charge is 0.251 e. The summed E-state index contributed by atoms with van der Waals surface area (Å²) in [5, 5.41) is 10.2. The summed E-state index contributed by atoms with van der Waals surface area (Å²) in [6, 6.07) is 16.4. The van der Waals surface area contributed by atoms with E-state index in [-0.39, 0.29) is 23.9 Å². The summed E-state index contributed by atoms with van der Waals surface area (Å²) in [5.74, 6) is 1.91. The van der Waals surface area contributed by atoms with Crippen LogP contribution in [-0.4, -0.2) is 51.6 Å². The van der Waals surface area contributed by atoms with Crippen LogP contribution in [-0.2, 0) is 11.2 Å². The van der Waals surface area contributed by atoms with Gasteiger partial charge in [0.1, 0.15) is 11.6 Å². The van der Waals surface area contributed by atoms with Gasteiger partial charge in [0, 0.05) is 24.6 Å². The van der Waals surface area contributed by atoms with E-state index in [0.717, 1.165) is 11.3 Å². The van der Waals surface area contributed by atoms with Gasteiger partial charge in [0.05, 0.1) is 13.2 Å². The molecule has 4 rings (SSSR count). The number of aromatic nitrogens is 3. The second-order valence-electron chi connectivity index (χ2n) is 7.96. The van der Waals surface area contributed by atoms with Crippen LogP contribution in [0.4, 0.5) is 0 Å². The van der Waals surface area contributed by atoms with Gasteiger partial charge in [-0.25, -0.2) is 4.98 Å². The second-order valence-corrected chi connectivity index (χ2v) is 7.96. The number of carbonyl (C=O) groups excluding carboxylic acids is 2. The Bertz CT molecular complexity index is 1080. The minimum Gasteiger partial charge on any atom is -0.497 e. The SMILES string of the molecule is COc1cccc(CCC(=O)N2CC(NC(=O)c3ccccc3)CC2c2n[nH]c(C)n2)c1. The molecule has 1 aromatic heterocycles. The summed E-state index contributed by atoms with van der Waals surface area (Å²) in [5.41, 5.74) is 1.64. The quantitative estimate of drug-likeness (QED) is 0.597. The Balaban J connectivity index is 1.46. The minimum absolute atomic E-state index is 0.0109. The van der Waals surface area contributed by atoms with E-state index in [9.17, 15) is 9.59 Å². The molecule has 0 bridgehead atoms. The lowest BCUT2D eigenvalue weighted by Crippen LogP contribution is -2.38. The number of benzene rings is 2. The number of amides is 2. The second kappa shape index (κ2) is 9.64. The zero-order valence-electron chi connectivity index (χ0n) is 18.2. The first-order valence-electron chi connectivity index (χ1n) is 10.7. The predicted molar refractivity (Wildman–Crippen MR) is 119 cm³/mol. The largest absolute Gasteiger partial charge is 0.497 e. The molecule has 2 heterocycles. The Labute approximate surface area is 187 Å². The molecule has 1 aliphatic rings. The Kier molecular flexibility index (Phi) is 6.49. The van der Waals surface area contributed by atoms with E-state index < -0.39 is 0 Å². The van der Waals surface area contributed by atoms with Crippen molar-refractivity contribution in [3.63, 3.8) is 0 Å². The third-order valence-electron chi connectivity index (χ3n) is 5.67. The van der Waals surface area contributed by atoms with Gasteiger partial charge in [-0.3, -0.25) is 14.7 Å². The fourth-order valence-electron chi connectivity index (χ4n) is 4.05. The number of hydrogen-bond acceptors (Lipinski definition) is 5. The van der Waals surface area contributed by atoms with Crippen molar-refractivity contribution in [2.24, 2.45) is 0 Å². The summed E-state index contributed by atoms with van der Waals surface area (Å²) in [6.45, 7) is 2.25. The number of ether oxygens (including phenoxy) is 1. The third-order valence-corrected chi connectivity index (χ3v) is 5.67. The van der Waals surface area contributed by atoms with Crippen LogP contribution in [0.15, 0.2) is 54.6 Å². The highest BCUT2D eigenvalue weighted by Crippen LogP contribution is 2.31. The summed E-state index contributed by atoms with van der Waals surface area (Å²) in [4.78, 5) is 32.1. The number of carbonyl (C=O) groups is 2. The van der Waals surface area contributed by atoms with Gasteiger partial charge in [0.25, 0.3) is 5.91 Å².